The van der Waals surface area contributed by atoms with Crippen molar-refractivity contribution in [2.45, 2.75) is 51.9 Å². The van der Waals surface area contributed by atoms with Gasteiger partial charge in [0, 0.05) is 33.0 Å². The van der Waals surface area contributed by atoms with E-state index in [1.165, 1.54) is 31.3 Å². The van der Waals surface area contributed by atoms with Crippen LogP contribution >= 0.6 is 0 Å². The molecule has 0 radical (unpaired) electrons. The van der Waals surface area contributed by atoms with E-state index in [-0.39, 0.29) is 11.8 Å². The highest BCUT2D eigenvalue weighted by molar-refractivity contribution is 5.78. The van der Waals surface area contributed by atoms with Crippen molar-refractivity contribution in [3.8, 4) is 5.75 Å². The van der Waals surface area contributed by atoms with Gasteiger partial charge in [-0.1, -0.05) is 23.8 Å². The molecule has 0 atom stereocenters. The summed E-state index contributed by atoms with van der Waals surface area (Å²) < 4.78 is 5.16. The second-order valence-corrected chi connectivity index (χ2v) is 7.06. The predicted molar refractivity (Wildman–Crippen MR) is 108 cm³/mol. The second-order valence-electron chi connectivity index (χ2n) is 7.06. The van der Waals surface area contributed by atoms with E-state index in [1.54, 1.807) is 18.9 Å². The summed E-state index contributed by atoms with van der Waals surface area (Å²) in [6.07, 6.45) is 9.26. The lowest BCUT2D eigenvalue weighted by Crippen LogP contribution is -2.35. The Morgan fingerprint density at radius 1 is 1.11 bits per heavy atom. The topological polar surface area (TPSA) is 58.6 Å². The van der Waals surface area contributed by atoms with Gasteiger partial charge in [-0.05, 0) is 56.2 Å². The summed E-state index contributed by atoms with van der Waals surface area (Å²) in [5.41, 5.74) is 2.61. The summed E-state index contributed by atoms with van der Waals surface area (Å²) in [4.78, 5) is 25.7. The number of allylic oxidation sites excluding steroid dienone is 1. The van der Waals surface area contributed by atoms with Crippen LogP contribution in [0.5, 0.6) is 5.75 Å². The molecule has 0 bridgehead atoms. The number of benzene rings is 1. The minimum Gasteiger partial charge on any atom is -0.497 e. The Labute approximate surface area is 162 Å². The van der Waals surface area contributed by atoms with Crippen molar-refractivity contribution in [1.82, 2.24) is 10.2 Å². The van der Waals surface area contributed by atoms with Gasteiger partial charge in [0.2, 0.25) is 11.8 Å². The Hall–Kier alpha value is -2.30. The summed E-state index contributed by atoms with van der Waals surface area (Å²) in [5.74, 6) is 0.841. The van der Waals surface area contributed by atoms with Crippen LogP contribution in [0.2, 0.25) is 0 Å². The van der Waals surface area contributed by atoms with Crippen molar-refractivity contribution >= 4 is 11.8 Å². The van der Waals surface area contributed by atoms with Crippen LogP contribution in [-0.2, 0) is 16.0 Å². The van der Waals surface area contributed by atoms with E-state index in [1.807, 2.05) is 24.3 Å². The first-order chi connectivity index (χ1) is 13.1. The summed E-state index contributed by atoms with van der Waals surface area (Å²) in [6, 6.07) is 7.85. The molecular formula is C22H32N2O3. The number of nitrogens with one attached hydrogen (secondary N) is 1. The van der Waals surface area contributed by atoms with Crippen LogP contribution in [0.1, 0.15) is 51.0 Å². The van der Waals surface area contributed by atoms with E-state index in [2.05, 4.69) is 11.4 Å². The normalized spacial score (nSPS) is 13.6. The van der Waals surface area contributed by atoms with E-state index in [4.69, 9.17) is 4.74 Å². The fraction of sp³-hybridized carbons (Fsp3) is 0.545. The molecule has 1 aromatic carbocycles. The number of hydrogen-bond acceptors (Lipinski definition) is 3. The van der Waals surface area contributed by atoms with Gasteiger partial charge in [0.15, 0.2) is 0 Å². The molecule has 0 aromatic heterocycles. The zero-order valence-corrected chi connectivity index (χ0v) is 16.6. The Morgan fingerprint density at radius 2 is 1.89 bits per heavy atom. The molecule has 27 heavy (non-hydrogen) atoms. The molecule has 1 N–H and O–H groups in total. The first-order valence-corrected chi connectivity index (χ1v) is 9.91. The third-order valence-corrected chi connectivity index (χ3v) is 5.04. The Kier molecular flexibility index (Phi) is 8.89. The van der Waals surface area contributed by atoms with Gasteiger partial charge < -0.3 is 15.0 Å². The molecule has 5 heteroatoms. The molecule has 0 spiro atoms. The molecule has 2 rings (SSSR count). The van der Waals surface area contributed by atoms with Gasteiger partial charge in [0.05, 0.1) is 7.11 Å². The fourth-order valence-corrected chi connectivity index (χ4v) is 3.30. The van der Waals surface area contributed by atoms with Gasteiger partial charge in [-0.3, -0.25) is 9.59 Å². The maximum absolute atomic E-state index is 12.1. The maximum atomic E-state index is 12.1. The van der Waals surface area contributed by atoms with E-state index < -0.39 is 0 Å². The first-order valence-electron chi connectivity index (χ1n) is 9.91. The van der Waals surface area contributed by atoms with Crippen LogP contribution in [0.25, 0.3) is 0 Å². The van der Waals surface area contributed by atoms with Crippen LogP contribution in [0, 0.1) is 0 Å². The summed E-state index contributed by atoms with van der Waals surface area (Å²) in [5, 5.41) is 2.98. The van der Waals surface area contributed by atoms with Crippen molar-refractivity contribution in [2.75, 3.05) is 26.7 Å². The zero-order chi connectivity index (χ0) is 19.5. The molecule has 0 fully saturated rings. The van der Waals surface area contributed by atoms with Crippen molar-refractivity contribution in [1.29, 1.82) is 0 Å². The molecule has 148 valence electrons. The van der Waals surface area contributed by atoms with Crippen molar-refractivity contribution in [2.24, 2.45) is 0 Å². The highest BCUT2D eigenvalue weighted by atomic mass is 16.5. The second kappa shape index (κ2) is 11.4. The van der Waals surface area contributed by atoms with E-state index >= 15 is 0 Å². The van der Waals surface area contributed by atoms with Gasteiger partial charge in [0.1, 0.15) is 5.75 Å². The molecular weight excluding hydrogens is 340 g/mol. The molecule has 1 aliphatic rings. The fourth-order valence-electron chi connectivity index (χ4n) is 3.30. The summed E-state index contributed by atoms with van der Waals surface area (Å²) >= 11 is 0. The van der Waals surface area contributed by atoms with Crippen LogP contribution in [-0.4, -0.2) is 43.5 Å². The van der Waals surface area contributed by atoms with Crippen LogP contribution in [0.15, 0.2) is 35.9 Å². The number of rotatable bonds is 10. The van der Waals surface area contributed by atoms with Gasteiger partial charge in [-0.25, -0.2) is 0 Å². The third kappa shape index (κ3) is 7.85. The summed E-state index contributed by atoms with van der Waals surface area (Å²) in [6.45, 7) is 3.32. The standard InChI is InChI=1S/C22H32N2O3/c1-18(25)24(16-13-20-8-10-21(27-2)11-9-20)17-14-22(26)23-15-12-19-6-4-3-5-7-19/h6,8-11H,3-5,7,12-17H2,1-2H3,(H,23,26). The minimum atomic E-state index is 0.00340. The van der Waals surface area contributed by atoms with Crippen molar-refractivity contribution in [3.63, 3.8) is 0 Å². The average Bonchev–Trinajstić information content (AvgIpc) is 2.69. The van der Waals surface area contributed by atoms with E-state index in [0.717, 1.165) is 24.2 Å². The van der Waals surface area contributed by atoms with Crippen molar-refractivity contribution < 1.29 is 14.3 Å². The lowest BCUT2D eigenvalue weighted by Gasteiger charge is -2.21. The minimum absolute atomic E-state index is 0.00340. The molecule has 2 amide bonds. The molecule has 0 aliphatic heterocycles. The number of ether oxygens (including phenoxy) is 1. The van der Waals surface area contributed by atoms with Crippen LogP contribution in [0.4, 0.5) is 0 Å². The molecule has 1 aromatic rings. The number of carbonyl (C=O) groups excluding carboxylic acids is 2. The monoisotopic (exact) mass is 372 g/mol. The van der Waals surface area contributed by atoms with Gasteiger partial charge >= 0.3 is 0 Å². The smallest absolute Gasteiger partial charge is 0.221 e. The summed E-state index contributed by atoms with van der Waals surface area (Å²) in [7, 11) is 1.64. The molecule has 5 nitrogen and oxygen atoms in total. The molecule has 0 unspecified atom stereocenters. The largest absolute Gasteiger partial charge is 0.497 e. The highest BCUT2D eigenvalue weighted by Crippen LogP contribution is 2.19. The number of carbonyl (C=O) groups is 2. The Morgan fingerprint density at radius 3 is 2.52 bits per heavy atom. The SMILES string of the molecule is COc1ccc(CCN(CCC(=O)NCCC2=CCCCC2)C(C)=O)cc1. The predicted octanol–water partition coefficient (Wildman–Crippen LogP) is 3.48. The maximum Gasteiger partial charge on any atom is 0.221 e. The molecule has 0 saturated carbocycles. The number of hydrogen-bond donors (Lipinski definition) is 1. The van der Waals surface area contributed by atoms with E-state index in [0.29, 0.717) is 26.1 Å². The number of methoxy groups -OCH3 is 1. The van der Waals surface area contributed by atoms with Gasteiger partial charge in [0.25, 0.3) is 0 Å². The van der Waals surface area contributed by atoms with Crippen molar-refractivity contribution in [3.05, 3.63) is 41.5 Å². The molecule has 1 aliphatic carbocycles. The molecule has 0 heterocycles. The zero-order valence-electron chi connectivity index (χ0n) is 16.6. The first kappa shape index (κ1) is 21.0. The Bertz CT molecular complexity index is 637. The average molecular weight is 373 g/mol. The number of nitrogens with zero attached hydrogens (tertiary/aromatic N) is 1. The quantitative estimate of drug-likeness (QED) is 0.640. The number of amides is 2. The lowest BCUT2D eigenvalue weighted by atomic mass is 9.97. The third-order valence-electron chi connectivity index (χ3n) is 5.04. The molecule has 0 saturated heterocycles. The lowest BCUT2D eigenvalue weighted by molar-refractivity contribution is -0.129. The highest BCUT2D eigenvalue weighted by Gasteiger charge is 2.12. The van der Waals surface area contributed by atoms with Crippen LogP contribution in [0.3, 0.4) is 0 Å². The van der Waals surface area contributed by atoms with E-state index in [9.17, 15) is 9.59 Å². The van der Waals surface area contributed by atoms with Gasteiger partial charge in [-0.2, -0.15) is 0 Å². The van der Waals surface area contributed by atoms with Crippen LogP contribution < -0.4 is 10.1 Å². The van der Waals surface area contributed by atoms with Gasteiger partial charge in [-0.15, -0.1) is 0 Å². The Balaban J connectivity index is 1.68.